The Morgan fingerprint density at radius 3 is 2.79 bits per heavy atom. The number of nitrogens with zero attached hydrogens (tertiary/aromatic N) is 4. The highest BCUT2D eigenvalue weighted by Gasteiger charge is 2.44. The second kappa shape index (κ2) is 6.02. The number of aryl methyl sites for hydroxylation is 2. The molecule has 2 aliphatic rings. The maximum absolute atomic E-state index is 13.0. The summed E-state index contributed by atoms with van der Waals surface area (Å²) in [6.45, 7) is 7.39. The van der Waals surface area contributed by atoms with Gasteiger partial charge in [0.15, 0.2) is 0 Å². The summed E-state index contributed by atoms with van der Waals surface area (Å²) in [6, 6.07) is 4.41. The van der Waals surface area contributed by atoms with E-state index in [1.54, 1.807) is 0 Å². The molecule has 0 saturated carbocycles. The summed E-state index contributed by atoms with van der Waals surface area (Å²) in [7, 11) is 0. The number of hydrogen-bond donors (Lipinski definition) is 0. The predicted octanol–water partition coefficient (Wildman–Crippen LogP) is 2.03. The van der Waals surface area contributed by atoms with E-state index in [4.69, 9.17) is 4.52 Å². The van der Waals surface area contributed by atoms with Crippen molar-refractivity contribution in [1.29, 1.82) is 0 Å². The standard InChI is InChI=1S/C18H22N4O2/c1-12-17(13(2)24-20-12)18(23)22-8-5-15-10-21(11-16(15)22)9-14-3-6-19-7-4-14/h3-4,6-7,15-16H,5,8-11H2,1-2H3. The van der Waals surface area contributed by atoms with E-state index in [-0.39, 0.29) is 5.91 Å². The van der Waals surface area contributed by atoms with Crippen molar-refractivity contribution in [3.05, 3.63) is 47.1 Å². The van der Waals surface area contributed by atoms with Gasteiger partial charge in [-0.2, -0.15) is 0 Å². The van der Waals surface area contributed by atoms with Crippen LogP contribution in [0.3, 0.4) is 0 Å². The minimum Gasteiger partial charge on any atom is -0.361 e. The third-order valence-electron chi connectivity index (χ3n) is 5.29. The van der Waals surface area contributed by atoms with Crippen LogP contribution in [0.2, 0.25) is 0 Å². The normalized spacial score (nSPS) is 23.7. The highest BCUT2D eigenvalue weighted by atomic mass is 16.5. The van der Waals surface area contributed by atoms with Gasteiger partial charge in [0.25, 0.3) is 5.91 Å². The number of likely N-dealkylation sites (tertiary alicyclic amines) is 2. The van der Waals surface area contributed by atoms with Crippen molar-refractivity contribution in [1.82, 2.24) is 19.9 Å². The second-order valence-corrected chi connectivity index (χ2v) is 6.86. The van der Waals surface area contributed by atoms with Crippen molar-refractivity contribution in [3.63, 3.8) is 0 Å². The smallest absolute Gasteiger partial charge is 0.259 e. The van der Waals surface area contributed by atoms with Gasteiger partial charge in [0.2, 0.25) is 0 Å². The van der Waals surface area contributed by atoms with Crippen LogP contribution in [0.15, 0.2) is 29.0 Å². The molecule has 1 amide bonds. The summed E-state index contributed by atoms with van der Waals surface area (Å²) in [4.78, 5) is 21.5. The molecule has 0 aromatic carbocycles. The Balaban J connectivity index is 1.48. The molecule has 0 aliphatic carbocycles. The first-order chi connectivity index (χ1) is 11.6. The molecule has 4 rings (SSSR count). The molecule has 6 nitrogen and oxygen atoms in total. The fraction of sp³-hybridized carbons (Fsp3) is 0.500. The molecule has 2 atom stereocenters. The van der Waals surface area contributed by atoms with Gasteiger partial charge in [0.1, 0.15) is 11.3 Å². The maximum atomic E-state index is 13.0. The summed E-state index contributed by atoms with van der Waals surface area (Å²) >= 11 is 0. The number of fused-ring (bicyclic) bond motifs is 1. The van der Waals surface area contributed by atoms with E-state index in [9.17, 15) is 4.79 Å². The van der Waals surface area contributed by atoms with Crippen LogP contribution >= 0.6 is 0 Å². The number of pyridine rings is 1. The fourth-order valence-electron chi connectivity index (χ4n) is 4.11. The summed E-state index contributed by atoms with van der Waals surface area (Å²) in [5.74, 6) is 1.26. The Kier molecular flexibility index (Phi) is 3.84. The minimum atomic E-state index is 0.0736. The summed E-state index contributed by atoms with van der Waals surface area (Å²) < 4.78 is 5.17. The lowest BCUT2D eigenvalue weighted by atomic mass is 10.0. The van der Waals surface area contributed by atoms with Gasteiger partial charge in [-0.25, -0.2) is 0 Å². The van der Waals surface area contributed by atoms with E-state index >= 15 is 0 Å². The Morgan fingerprint density at radius 2 is 2.08 bits per heavy atom. The van der Waals surface area contributed by atoms with E-state index in [2.05, 4.69) is 27.2 Å². The first-order valence-corrected chi connectivity index (χ1v) is 8.48. The Hall–Kier alpha value is -2.21. The van der Waals surface area contributed by atoms with Gasteiger partial charge in [0.05, 0.1) is 5.69 Å². The van der Waals surface area contributed by atoms with Crippen LogP contribution in [0.4, 0.5) is 0 Å². The number of hydrogen-bond acceptors (Lipinski definition) is 5. The van der Waals surface area contributed by atoms with E-state index in [0.717, 1.165) is 32.6 Å². The SMILES string of the molecule is Cc1noc(C)c1C(=O)N1CCC2CN(Cc3ccncc3)CC21. The Labute approximate surface area is 141 Å². The maximum Gasteiger partial charge on any atom is 0.259 e. The van der Waals surface area contributed by atoms with Crippen LogP contribution < -0.4 is 0 Å². The molecule has 0 N–H and O–H groups in total. The van der Waals surface area contributed by atoms with Crippen LogP contribution in [0.1, 0.15) is 33.8 Å². The van der Waals surface area contributed by atoms with Crippen molar-refractivity contribution in [3.8, 4) is 0 Å². The summed E-state index contributed by atoms with van der Waals surface area (Å²) in [6.07, 6.45) is 4.74. The first-order valence-electron chi connectivity index (χ1n) is 8.48. The van der Waals surface area contributed by atoms with E-state index in [1.165, 1.54) is 5.56 Å². The molecule has 6 heteroatoms. The molecule has 0 radical (unpaired) electrons. The van der Waals surface area contributed by atoms with Crippen molar-refractivity contribution < 1.29 is 9.32 Å². The number of amides is 1. The molecular weight excluding hydrogens is 304 g/mol. The second-order valence-electron chi connectivity index (χ2n) is 6.86. The molecule has 0 bridgehead atoms. The minimum absolute atomic E-state index is 0.0736. The molecule has 2 unspecified atom stereocenters. The molecule has 0 spiro atoms. The van der Waals surface area contributed by atoms with Gasteiger partial charge in [0, 0.05) is 44.6 Å². The molecule has 2 aromatic heterocycles. The van der Waals surface area contributed by atoms with Crippen LogP contribution in [0.25, 0.3) is 0 Å². The molecule has 2 aromatic rings. The van der Waals surface area contributed by atoms with E-state index < -0.39 is 0 Å². The fourth-order valence-corrected chi connectivity index (χ4v) is 4.11. The lowest BCUT2D eigenvalue weighted by Crippen LogP contribution is -2.40. The van der Waals surface area contributed by atoms with Crippen LogP contribution in [0.5, 0.6) is 0 Å². The van der Waals surface area contributed by atoms with Gasteiger partial charge < -0.3 is 9.42 Å². The van der Waals surface area contributed by atoms with Crippen LogP contribution in [-0.2, 0) is 6.54 Å². The van der Waals surface area contributed by atoms with Crippen molar-refractivity contribution in [2.75, 3.05) is 19.6 Å². The van der Waals surface area contributed by atoms with Gasteiger partial charge in [-0.3, -0.25) is 14.7 Å². The highest BCUT2D eigenvalue weighted by Crippen LogP contribution is 2.33. The number of carbonyl (C=O) groups excluding carboxylic acids is 1. The predicted molar refractivity (Wildman–Crippen MR) is 88.4 cm³/mol. The molecular formula is C18H22N4O2. The number of carbonyl (C=O) groups is 1. The quantitative estimate of drug-likeness (QED) is 0.864. The average molecular weight is 326 g/mol. The molecule has 2 aliphatic heterocycles. The van der Waals surface area contributed by atoms with Gasteiger partial charge >= 0.3 is 0 Å². The molecule has 126 valence electrons. The monoisotopic (exact) mass is 326 g/mol. The zero-order valence-corrected chi connectivity index (χ0v) is 14.1. The third-order valence-corrected chi connectivity index (χ3v) is 5.29. The number of rotatable bonds is 3. The van der Waals surface area contributed by atoms with Crippen LogP contribution in [0, 0.1) is 19.8 Å². The van der Waals surface area contributed by atoms with Crippen molar-refractivity contribution in [2.45, 2.75) is 32.9 Å². The average Bonchev–Trinajstić information content (AvgIpc) is 3.22. The molecule has 2 fully saturated rings. The molecule has 4 heterocycles. The summed E-state index contributed by atoms with van der Waals surface area (Å²) in [5, 5.41) is 3.93. The number of aromatic nitrogens is 2. The largest absolute Gasteiger partial charge is 0.361 e. The Morgan fingerprint density at radius 1 is 1.29 bits per heavy atom. The highest BCUT2D eigenvalue weighted by molar-refractivity contribution is 5.96. The molecule has 24 heavy (non-hydrogen) atoms. The lowest BCUT2D eigenvalue weighted by molar-refractivity contribution is 0.0724. The lowest BCUT2D eigenvalue weighted by Gasteiger charge is -2.25. The van der Waals surface area contributed by atoms with E-state index in [1.807, 2.05) is 31.1 Å². The van der Waals surface area contributed by atoms with E-state index in [0.29, 0.717) is 29.0 Å². The van der Waals surface area contributed by atoms with Crippen LogP contribution in [-0.4, -0.2) is 51.5 Å². The van der Waals surface area contributed by atoms with Gasteiger partial charge in [-0.1, -0.05) is 5.16 Å². The zero-order valence-electron chi connectivity index (χ0n) is 14.1. The van der Waals surface area contributed by atoms with Gasteiger partial charge in [-0.15, -0.1) is 0 Å². The van der Waals surface area contributed by atoms with Crippen molar-refractivity contribution >= 4 is 5.91 Å². The molecule has 2 saturated heterocycles. The van der Waals surface area contributed by atoms with Crippen molar-refractivity contribution in [2.24, 2.45) is 5.92 Å². The topological polar surface area (TPSA) is 62.5 Å². The summed E-state index contributed by atoms with van der Waals surface area (Å²) in [5.41, 5.74) is 2.60. The van der Waals surface area contributed by atoms with Gasteiger partial charge in [-0.05, 0) is 43.9 Å². The Bertz CT molecular complexity index is 723. The third kappa shape index (κ3) is 2.60. The zero-order chi connectivity index (χ0) is 16.7. The first kappa shape index (κ1) is 15.3.